The van der Waals surface area contributed by atoms with E-state index in [1.807, 2.05) is 0 Å². The number of hydrogen-bond acceptors (Lipinski definition) is 1. The van der Waals surface area contributed by atoms with Crippen LogP contribution in [-0.4, -0.2) is 10.7 Å². The average molecular weight is 745 g/mol. The molecule has 0 aliphatic heterocycles. The number of benzene rings is 6. The van der Waals surface area contributed by atoms with E-state index >= 15 is 0 Å². The van der Waals surface area contributed by atoms with E-state index in [4.69, 9.17) is 4.74 Å². The molecule has 0 radical (unpaired) electrons. The van der Waals surface area contributed by atoms with Crippen LogP contribution >= 0.6 is 31.9 Å². The van der Waals surface area contributed by atoms with Crippen molar-refractivity contribution < 1.29 is 4.74 Å². The van der Waals surface area contributed by atoms with E-state index in [2.05, 4.69) is 202 Å². The predicted octanol–water partition coefficient (Wildman–Crippen LogP) is 11.6. The third kappa shape index (κ3) is 7.09. The molecule has 6 rings (SSSR count). The number of ether oxygens (including phenoxy) is 1. The molecule has 0 aliphatic rings. The normalized spacial score (nSPS) is 11.8. The molecule has 47 heavy (non-hydrogen) atoms. The molecule has 236 valence electrons. The maximum atomic E-state index is 8.17. The zero-order valence-electron chi connectivity index (χ0n) is 26.6. The molecule has 3 heteroatoms. The van der Waals surface area contributed by atoms with Gasteiger partial charge in [0.2, 0.25) is 0 Å². The first kappa shape index (κ1) is 33.2. The molecule has 0 aliphatic carbocycles. The molecule has 6 aromatic carbocycles. The molecule has 0 atom stereocenters. The van der Waals surface area contributed by atoms with Gasteiger partial charge < -0.3 is 4.74 Å². The largest absolute Gasteiger partial charge is 0.340 e. The van der Waals surface area contributed by atoms with E-state index in [1.54, 1.807) is 0 Å². The van der Waals surface area contributed by atoms with Crippen molar-refractivity contribution in [2.75, 3.05) is 10.7 Å². The van der Waals surface area contributed by atoms with Crippen molar-refractivity contribution >= 4 is 31.9 Å². The minimum atomic E-state index is -0.962. The third-order valence-corrected chi connectivity index (χ3v) is 10.1. The van der Waals surface area contributed by atoms with Crippen molar-refractivity contribution in [3.63, 3.8) is 0 Å². The van der Waals surface area contributed by atoms with Gasteiger partial charge in [-0.1, -0.05) is 202 Å². The highest BCUT2D eigenvalue weighted by atomic mass is 79.9. The van der Waals surface area contributed by atoms with Crippen molar-refractivity contribution in [1.82, 2.24) is 0 Å². The van der Waals surface area contributed by atoms with E-state index < -0.39 is 11.2 Å². The standard InChI is InChI=1S/C44H40Br2O/c45-33-13-15-35-25-29-41(30-26-35)43(37-17-5-1-6-18-37,38-19-7-2-8-20-38)47-44(39-21-9-3-10-22-39,40-23-11-4-12-24-40)42-31-27-36(28-32-42)16-14-34-46/h1-12,17-32H,13-16,33-34H2. The van der Waals surface area contributed by atoms with Gasteiger partial charge in [0.1, 0.15) is 11.2 Å². The Bertz CT molecular complexity index is 1570. The molecular weight excluding hydrogens is 704 g/mol. The first-order chi connectivity index (χ1) is 23.2. The molecule has 1 nitrogen and oxygen atoms in total. The van der Waals surface area contributed by atoms with Crippen LogP contribution in [0, 0.1) is 0 Å². The topological polar surface area (TPSA) is 9.23 Å². The smallest absolute Gasteiger partial charge is 0.145 e. The Labute approximate surface area is 296 Å². The van der Waals surface area contributed by atoms with Crippen LogP contribution in [0.5, 0.6) is 0 Å². The summed E-state index contributed by atoms with van der Waals surface area (Å²) >= 11 is 7.22. The van der Waals surface area contributed by atoms with Crippen molar-refractivity contribution in [3.05, 3.63) is 214 Å². The highest BCUT2D eigenvalue weighted by Gasteiger charge is 2.48. The molecule has 0 unspecified atom stereocenters. The second-order valence-corrected chi connectivity index (χ2v) is 13.5. The molecule has 6 aromatic rings. The van der Waals surface area contributed by atoms with Crippen LogP contribution in [0.1, 0.15) is 57.3 Å². The summed E-state index contributed by atoms with van der Waals surface area (Å²) in [6, 6.07) is 61.1. The van der Waals surface area contributed by atoms with Gasteiger partial charge in [-0.3, -0.25) is 0 Å². The summed E-state index contributed by atoms with van der Waals surface area (Å²) in [7, 11) is 0. The minimum absolute atomic E-state index is 0.962. The first-order valence-corrected chi connectivity index (χ1v) is 18.7. The Morgan fingerprint density at radius 3 is 0.851 bits per heavy atom. The van der Waals surface area contributed by atoms with Crippen LogP contribution in [0.25, 0.3) is 0 Å². The van der Waals surface area contributed by atoms with Crippen LogP contribution in [0.4, 0.5) is 0 Å². The summed E-state index contributed by atoms with van der Waals surface area (Å²) in [6.45, 7) is 0. The highest BCUT2D eigenvalue weighted by molar-refractivity contribution is 9.09. The first-order valence-electron chi connectivity index (χ1n) is 16.4. The number of rotatable bonds is 14. The SMILES string of the molecule is BrCCCc1ccc(C(OC(c2ccccc2)(c2ccccc2)c2ccc(CCCBr)cc2)(c2ccccc2)c2ccccc2)cc1. The van der Waals surface area contributed by atoms with E-state index in [0.717, 1.165) is 69.7 Å². The lowest BCUT2D eigenvalue weighted by Gasteiger charge is -2.46. The van der Waals surface area contributed by atoms with Crippen LogP contribution < -0.4 is 0 Å². The van der Waals surface area contributed by atoms with E-state index in [0.29, 0.717) is 0 Å². The average Bonchev–Trinajstić information content (AvgIpc) is 3.16. The Kier molecular flexibility index (Phi) is 11.2. The molecule has 0 bridgehead atoms. The van der Waals surface area contributed by atoms with Crippen molar-refractivity contribution in [3.8, 4) is 0 Å². The summed E-state index contributed by atoms with van der Waals surface area (Å²) in [4.78, 5) is 0. The molecule has 0 N–H and O–H groups in total. The van der Waals surface area contributed by atoms with Gasteiger partial charge in [0, 0.05) is 10.7 Å². The summed E-state index contributed by atoms with van der Waals surface area (Å²) < 4.78 is 8.17. The second kappa shape index (κ2) is 15.9. The summed E-state index contributed by atoms with van der Waals surface area (Å²) in [5, 5.41) is 1.98. The van der Waals surface area contributed by atoms with Crippen LogP contribution in [0.2, 0.25) is 0 Å². The second-order valence-electron chi connectivity index (χ2n) is 11.9. The lowest BCUT2D eigenvalue weighted by Crippen LogP contribution is -2.44. The number of halogens is 2. The molecular formula is C44H40Br2O. The van der Waals surface area contributed by atoms with Gasteiger partial charge in [-0.05, 0) is 70.2 Å². The van der Waals surface area contributed by atoms with E-state index in [-0.39, 0.29) is 0 Å². The van der Waals surface area contributed by atoms with E-state index in [9.17, 15) is 0 Å². The molecule has 0 heterocycles. The van der Waals surface area contributed by atoms with Crippen molar-refractivity contribution in [1.29, 1.82) is 0 Å². The number of alkyl halides is 2. The fraction of sp³-hybridized carbons (Fsp3) is 0.182. The van der Waals surface area contributed by atoms with Gasteiger partial charge in [0.15, 0.2) is 0 Å². The minimum Gasteiger partial charge on any atom is -0.340 e. The Morgan fingerprint density at radius 2 is 0.596 bits per heavy atom. The van der Waals surface area contributed by atoms with Crippen LogP contribution in [-0.2, 0) is 28.8 Å². The quantitative estimate of drug-likeness (QED) is 0.0797. The fourth-order valence-corrected chi connectivity index (χ4v) is 7.19. The summed E-state index contributed by atoms with van der Waals surface area (Å²) in [6.07, 6.45) is 4.23. The zero-order valence-corrected chi connectivity index (χ0v) is 29.7. The molecule has 0 spiro atoms. The number of hydrogen-bond donors (Lipinski definition) is 0. The molecule has 0 saturated carbocycles. The molecule has 0 saturated heterocycles. The van der Waals surface area contributed by atoms with Gasteiger partial charge in [-0.25, -0.2) is 0 Å². The van der Waals surface area contributed by atoms with Crippen LogP contribution in [0.15, 0.2) is 170 Å². The van der Waals surface area contributed by atoms with Crippen LogP contribution in [0.3, 0.4) is 0 Å². The Hall–Kier alpha value is -3.76. The summed E-state index contributed by atoms with van der Waals surface area (Å²) in [5.41, 5.74) is 7.18. The van der Waals surface area contributed by atoms with Gasteiger partial charge >= 0.3 is 0 Å². The van der Waals surface area contributed by atoms with E-state index in [1.165, 1.54) is 11.1 Å². The van der Waals surface area contributed by atoms with Gasteiger partial charge in [-0.15, -0.1) is 0 Å². The maximum Gasteiger partial charge on any atom is 0.145 e. The Morgan fingerprint density at radius 1 is 0.340 bits per heavy atom. The van der Waals surface area contributed by atoms with Gasteiger partial charge in [0.25, 0.3) is 0 Å². The monoisotopic (exact) mass is 742 g/mol. The fourth-order valence-electron chi connectivity index (χ4n) is 6.63. The lowest BCUT2D eigenvalue weighted by atomic mass is 9.75. The molecule has 0 fully saturated rings. The van der Waals surface area contributed by atoms with Crippen molar-refractivity contribution in [2.24, 2.45) is 0 Å². The third-order valence-electron chi connectivity index (χ3n) is 8.95. The molecule has 0 aromatic heterocycles. The van der Waals surface area contributed by atoms with Crippen molar-refractivity contribution in [2.45, 2.75) is 36.9 Å². The lowest BCUT2D eigenvalue weighted by molar-refractivity contribution is -0.0810. The Balaban J connectivity index is 1.68. The van der Waals surface area contributed by atoms with Gasteiger partial charge in [-0.2, -0.15) is 0 Å². The number of aryl methyl sites for hydroxylation is 2. The predicted molar refractivity (Wildman–Crippen MR) is 204 cm³/mol. The summed E-state index contributed by atoms with van der Waals surface area (Å²) in [5.74, 6) is 0. The highest BCUT2D eigenvalue weighted by Crippen LogP contribution is 2.51. The molecule has 0 amide bonds. The zero-order chi connectivity index (χ0) is 32.4. The maximum absolute atomic E-state index is 8.17. The van der Waals surface area contributed by atoms with Gasteiger partial charge in [0.05, 0.1) is 0 Å².